The van der Waals surface area contributed by atoms with Gasteiger partial charge in [0.25, 0.3) is 0 Å². The van der Waals surface area contributed by atoms with E-state index in [1.54, 1.807) is 11.3 Å². The van der Waals surface area contributed by atoms with Gasteiger partial charge in [-0.2, -0.15) is 11.3 Å². The van der Waals surface area contributed by atoms with E-state index in [-0.39, 0.29) is 25.9 Å². The molecule has 0 aliphatic carbocycles. The summed E-state index contributed by atoms with van der Waals surface area (Å²) < 4.78 is 18.5. The number of nitrogens with zero attached hydrogens (tertiary/aromatic N) is 3. The first-order chi connectivity index (χ1) is 30.8. The monoisotopic (exact) mass is 1040 g/mol. The van der Waals surface area contributed by atoms with Gasteiger partial charge in [-0.05, 0) is 85.7 Å². The second kappa shape index (κ2) is 18.2. The van der Waals surface area contributed by atoms with Crippen LogP contribution in [-0.4, -0.2) is 22.6 Å². The summed E-state index contributed by atoms with van der Waals surface area (Å²) in [5, 5.41) is 3.68. The Morgan fingerprint density at radius 3 is 1.92 bits per heavy atom. The Morgan fingerprint density at radius 1 is 0.609 bits per heavy atom. The van der Waals surface area contributed by atoms with Crippen LogP contribution in [0.15, 0.2) is 200 Å². The quantitative estimate of drug-likeness (QED) is 0.118. The van der Waals surface area contributed by atoms with Crippen molar-refractivity contribution in [3.05, 3.63) is 218 Å². The number of thiophene rings is 1. The minimum atomic E-state index is -1.23. The maximum atomic E-state index is 14.0. The Balaban J connectivity index is 0.000000258. The fraction of sp³-hybridized carbons (Fsp3) is 0.0526. The molecule has 8 aromatic carbocycles. The maximum Gasteiger partial charge on any atom is 0.123 e. The van der Waals surface area contributed by atoms with Crippen LogP contribution in [0.5, 0.6) is 0 Å². The summed E-state index contributed by atoms with van der Waals surface area (Å²) in [5.41, 5.74) is 12.7. The van der Waals surface area contributed by atoms with E-state index < -0.39 is 8.07 Å². The molecule has 1 radical (unpaired) electrons. The van der Waals surface area contributed by atoms with Crippen molar-refractivity contribution in [2.45, 2.75) is 19.6 Å². The fourth-order valence-electron chi connectivity index (χ4n) is 8.09. The summed E-state index contributed by atoms with van der Waals surface area (Å²) >= 11 is 1.76. The van der Waals surface area contributed by atoms with Crippen LogP contribution in [-0.2, 0) is 20.1 Å². The molecule has 7 heteroatoms. The molecule has 313 valence electrons. The minimum absolute atomic E-state index is 0. The zero-order chi connectivity index (χ0) is 42.9. The van der Waals surface area contributed by atoms with Crippen molar-refractivity contribution in [1.82, 2.24) is 14.5 Å². The molecule has 0 bridgehead atoms. The van der Waals surface area contributed by atoms with Crippen molar-refractivity contribution in [1.29, 1.82) is 0 Å². The molecule has 3 aromatic heterocycles. The van der Waals surface area contributed by atoms with E-state index in [2.05, 4.69) is 163 Å². The summed E-state index contributed by atoms with van der Waals surface area (Å²) in [4.78, 5) is 9.75. The van der Waals surface area contributed by atoms with Gasteiger partial charge < -0.3 is 9.55 Å². The SMILES string of the molecule is C[Si](C)(C)c1ccc(-c2[c-]cccc2)nc1.Fc1ccc(-c2c[c-]c(-c3nc4ccccc4n3-c3ccc(-c4ccccc4)cc3)c3sc4cc(-c5ccccc5)ccc4c23)cc1.[Ir]. The van der Waals surface area contributed by atoms with Crippen LogP contribution >= 0.6 is 11.3 Å². The van der Waals surface area contributed by atoms with Gasteiger partial charge in [-0.15, -0.1) is 48.0 Å². The Morgan fingerprint density at radius 2 is 1.25 bits per heavy atom. The van der Waals surface area contributed by atoms with E-state index in [0.29, 0.717) is 0 Å². The molecule has 0 saturated heterocycles. The summed E-state index contributed by atoms with van der Waals surface area (Å²) in [6.07, 6.45) is 2.02. The molecule has 0 N–H and O–H groups in total. The molecule has 0 saturated carbocycles. The zero-order valence-corrected chi connectivity index (χ0v) is 39.7. The van der Waals surface area contributed by atoms with Crippen LogP contribution in [0.1, 0.15) is 0 Å². The van der Waals surface area contributed by atoms with E-state index in [9.17, 15) is 4.39 Å². The maximum absolute atomic E-state index is 14.0. The normalized spacial score (nSPS) is 11.3. The van der Waals surface area contributed by atoms with Gasteiger partial charge in [0.1, 0.15) is 5.82 Å². The van der Waals surface area contributed by atoms with E-state index in [4.69, 9.17) is 4.98 Å². The molecule has 11 rings (SSSR count). The first-order valence-electron chi connectivity index (χ1n) is 21.1. The topological polar surface area (TPSA) is 30.7 Å². The molecule has 3 heterocycles. The summed E-state index contributed by atoms with van der Waals surface area (Å²) in [5.74, 6) is 0.587. The molecular weight excluding hydrogens is 998 g/mol. The number of pyridine rings is 1. The molecule has 0 aliphatic rings. The number of imidazole rings is 1. The van der Waals surface area contributed by atoms with Crippen LogP contribution in [0.2, 0.25) is 19.6 Å². The minimum Gasteiger partial charge on any atom is -0.333 e. The predicted octanol–water partition coefficient (Wildman–Crippen LogP) is 15.1. The average Bonchev–Trinajstić information content (AvgIpc) is 3.92. The first kappa shape index (κ1) is 42.7. The van der Waals surface area contributed by atoms with Crippen LogP contribution in [0.25, 0.3) is 92.9 Å². The number of fused-ring (bicyclic) bond motifs is 4. The second-order valence-corrected chi connectivity index (χ2v) is 22.7. The molecule has 0 amide bonds. The molecule has 11 aromatic rings. The molecule has 64 heavy (non-hydrogen) atoms. The first-order valence-corrected chi connectivity index (χ1v) is 25.4. The van der Waals surface area contributed by atoms with Gasteiger partial charge in [0.15, 0.2) is 0 Å². The van der Waals surface area contributed by atoms with Gasteiger partial charge in [-0.1, -0.05) is 163 Å². The summed E-state index contributed by atoms with van der Waals surface area (Å²) in [7, 11) is -1.23. The number of hydrogen-bond donors (Lipinski definition) is 0. The molecule has 3 nitrogen and oxygen atoms in total. The van der Waals surface area contributed by atoms with Crippen molar-refractivity contribution in [3.63, 3.8) is 0 Å². The number of rotatable bonds is 7. The number of benzene rings is 8. The fourth-order valence-corrected chi connectivity index (χ4v) is 10.4. The average molecular weight is 1040 g/mol. The number of para-hydroxylation sites is 2. The van der Waals surface area contributed by atoms with Crippen LogP contribution in [0.4, 0.5) is 4.39 Å². The zero-order valence-electron chi connectivity index (χ0n) is 35.5. The van der Waals surface area contributed by atoms with Crippen molar-refractivity contribution in [3.8, 4) is 61.7 Å². The van der Waals surface area contributed by atoms with Crippen molar-refractivity contribution in [2.75, 3.05) is 0 Å². The number of halogens is 1. The van der Waals surface area contributed by atoms with Gasteiger partial charge in [0, 0.05) is 36.7 Å². The third kappa shape index (κ3) is 8.56. The molecular formula is C57H42FIrN3SSi-2. The summed E-state index contributed by atoms with van der Waals surface area (Å²) in [6, 6.07) is 72.4. The second-order valence-electron chi connectivity index (χ2n) is 16.6. The largest absolute Gasteiger partial charge is 0.333 e. The van der Waals surface area contributed by atoms with E-state index in [1.807, 2.05) is 66.9 Å². The van der Waals surface area contributed by atoms with Crippen molar-refractivity contribution < 1.29 is 24.5 Å². The van der Waals surface area contributed by atoms with Gasteiger partial charge >= 0.3 is 0 Å². The van der Waals surface area contributed by atoms with E-state index in [1.165, 1.54) is 38.7 Å². The van der Waals surface area contributed by atoms with Crippen LogP contribution < -0.4 is 5.19 Å². The van der Waals surface area contributed by atoms with Gasteiger partial charge in [-0.25, -0.2) is 4.39 Å². The third-order valence-electron chi connectivity index (χ3n) is 11.4. The molecule has 0 spiro atoms. The van der Waals surface area contributed by atoms with E-state index >= 15 is 0 Å². The Hall–Kier alpha value is -6.60. The summed E-state index contributed by atoms with van der Waals surface area (Å²) in [6.45, 7) is 7.00. The number of aromatic nitrogens is 3. The van der Waals surface area contributed by atoms with Crippen molar-refractivity contribution >= 4 is 55.8 Å². The molecule has 0 atom stereocenters. The van der Waals surface area contributed by atoms with Crippen LogP contribution in [0.3, 0.4) is 0 Å². The molecule has 0 fully saturated rings. The Bertz CT molecular complexity index is 3350. The Labute approximate surface area is 392 Å². The molecule has 0 unspecified atom stereocenters. The smallest absolute Gasteiger partial charge is 0.123 e. The predicted molar refractivity (Wildman–Crippen MR) is 266 cm³/mol. The number of hydrogen-bond acceptors (Lipinski definition) is 3. The standard InChI is InChI=1S/C43H26FN2S.C14H16NSi.Ir/c44-33-20-15-31(16-21-33)35-25-26-37(42-41(35)36-24-19-32(27-40(36)47-42)29-11-5-2-6-12-29)43-45-38-13-7-8-14-39(38)46(43)34-22-17-30(18-23-34)28-9-3-1-4-10-28;1-16(2,3)13-9-10-14(15-11-13)12-7-5-4-6-8-12;/h1-25,27H;4-7,9-11H,1-3H3;/q2*-1;. The molecule has 0 aliphatic heterocycles. The van der Waals surface area contributed by atoms with Crippen LogP contribution in [0, 0.1) is 17.9 Å². The van der Waals surface area contributed by atoms with Crippen molar-refractivity contribution in [2.24, 2.45) is 0 Å². The van der Waals surface area contributed by atoms with E-state index in [0.717, 1.165) is 71.5 Å². The van der Waals surface area contributed by atoms with Gasteiger partial charge in [0.2, 0.25) is 0 Å². The van der Waals surface area contributed by atoms with Gasteiger partial charge in [0.05, 0.1) is 24.9 Å². The third-order valence-corrected chi connectivity index (χ3v) is 14.6. The van der Waals surface area contributed by atoms with Gasteiger partial charge in [-0.3, -0.25) is 4.98 Å². The Kier molecular flexibility index (Phi) is 12.2.